The Morgan fingerprint density at radius 1 is 1.38 bits per heavy atom. The lowest BCUT2D eigenvalue weighted by Gasteiger charge is -2.03. The Hall–Kier alpha value is -0.100. The summed E-state index contributed by atoms with van der Waals surface area (Å²) in [6.07, 6.45) is 1.79. The van der Waals surface area contributed by atoms with Crippen molar-refractivity contribution < 1.29 is 0 Å². The lowest BCUT2D eigenvalue weighted by molar-refractivity contribution is 1.16. The van der Waals surface area contributed by atoms with Gasteiger partial charge in [0, 0.05) is 15.9 Å². The molecule has 0 bridgehead atoms. The first-order valence-corrected chi connectivity index (χ1v) is 7.22. The van der Waals surface area contributed by atoms with E-state index >= 15 is 0 Å². The summed E-state index contributed by atoms with van der Waals surface area (Å²) >= 11 is 14.2. The molecule has 0 saturated heterocycles. The number of rotatable bonds is 3. The molecule has 0 atom stereocenters. The molecule has 0 saturated carbocycles. The highest BCUT2D eigenvalue weighted by Gasteiger charge is 2.04. The SMILES string of the molecule is Clc1sc(CNc2ccc(Br)nc2)cc1Br. The Morgan fingerprint density at radius 2 is 2.19 bits per heavy atom. The summed E-state index contributed by atoms with van der Waals surface area (Å²) in [5, 5.41) is 3.28. The first-order chi connectivity index (χ1) is 7.65. The number of nitrogens with zero attached hydrogens (tertiary/aromatic N) is 1. The van der Waals surface area contributed by atoms with Crippen molar-refractivity contribution >= 4 is 60.5 Å². The van der Waals surface area contributed by atoms with Crippen molar-refractivity contribution in [3.05, 3.63) is 42.7 Å². The summed E-state index contributed by atoms with van der Waals surface area (Å²) in [6.45, 7) is 0.749. The van der Waals surface area contributed by atoms with Crippen LogP contribution in [0.25, 0.3) is 0 Å². The fraction of sp³-hybridized carbons (Fsp3) is 0.100. The molecule has 0 amide bonds. The zero-order valence-corrected chi connectivity index (χ0v) is 12.8. The third-order valence-corrected chi connectivity index (χ3v) is 4.83. The maximum Gasteiger partial charge on any atom is 0.107 e. The minimum Gasteiger partial charge on any atom is -0.379 e. The minimum atomic E-state index is 0.749. The van der Waals surface area contributed by atoms with Crippen LogP contribution in [0.1, 0.15) is 4.88 Å². The highest BCUT2D eigenvalue weighted by atomic mass is 79.9. The monoisotopic (exact) mass is 380 g/mol. The molecule has 0 spiro atoms. The summed E-state index contributed by atoms with van der Waals surface area (Å²) in [5.41, 5.74) is 0.990. The molecule has 0 radical (unpaired) electrons. The van der Waals surface area contributed by atoms with Crippen LogP contribution >= 0.6 is 54.8 Å². The number of thiophene rings is 1. The molecule has 0 aliphatic carbocycles. The van der Waals surface area contributed by atoms with Crippen LogP contribution in [-0.2, 0) is 6.54 Å². The van der Waals surface area contributed by atoms with Gasteiger partial charge in [0.1, 0.15) is 8.94 Å². The lowest BCUT2D eigenvalue weighted by atomic mass is 10.4. The molecular formula is C10H7Br2ClN2S. The largest absolute Gasteiger partial charge is 0.379 e. The second-order valence-corrected chi connectivity index (χ2v) is 6.46. The first kappa shape index (κ1) is 12.4. The Bertz CT molecular complexity index is 465. The minimum absolute atomic E-state index is 0.749. The average Bonchev–Trinajstić information content (AvgIpc) is 2.58. The van der Waals surface area contributed by atoms with Gasteiger partial charge in [0.05, 0.1) is 11.9 Å². The predicted molar refractivity (Wildman–Crippen MR) is 76.3 cm³/mol. The molecule has 6 heteroatoms. The Labute approximate surface area is 119 Å². The summed E-state index contributed by atoms with van der Waals surface area (Å²) in [7, 11) is 0. The van der Waals surface area contributed by atoms with Crippen LogP contribution in [0.4, 0.5) is 5.69 Å². The molecule has 0 aromatic carbocycles. The van der Waals surface area contributed by atoms with Gasteiger partial charge in [0.15, 0.2) is 0 Å². The van der Waals surface area contributed by atoms with Crippen LogP contribution in [0.2, 0.25) is 4.34 Å². The number of aromatic nitrogens is 1. The van der Waals surface area contributed by atoms with Crippen molar-refractivity contribution in [3.8, 4) is 0 Å². The Morgan fingerprint density at radius 3 is 2.75 bits per heavy atom. The van der Waals surface area contributed by atoms with E-state index in [0.29, 0.717) is 0 Å². The number of nitrogens with one attached hydrogen (secondary N) is 1. The van der Waals surface area contributed by atoms with Gasteiger partial charge in [-0.2, -0.15) is 0 Å². The molecule has 2 heterocycles. The maximum absolute atomic E-state index is 5.96. The molecular weight excluding hydrogens is 375 g/mol. The van der Waals surface area contributed by atoms with Gasteiger partial charge >= 0.3 is 0 Å². The summed E-state index contributed by atoms with van der Waals surface area (Å²) in [5.74, 6) is 0. The Kier molecular flexibility index (Phi) is 4.24. The lowest BCUT2D eigenvalue weighted by Crippen LogP contribution is -1.97. The number of halogens is 3. The second kappa shape index (κ2) is 5.49. The first-order valence-electron chi connectivity index (χ1n) is 4.44. The van der Waals surface area contributed by atoms with Gasteiger partial charge in [0.25, 0.3) is 0 Å². The predicted octanol–water partition coefficient (Wildman–Crippen LogP) is 4.93. The highest BCUT2D eigenvalue weighted by molar-refractivity contribution is 9.10. The van der Waals surface area contributed by atoms with E-state index in [9.17, 15) is 0 Å². The molecule has 2 aromatic rings. The van der Waals surface area contributed by atoms with E-state index in [1.807, 2.05) is 18.2 Å². The number of anilines is 1. The normalized spacial score (nSPS) is 10.4. The molecule has 2 rings (SSSR count). The molecule has 0 unspecified atom stereocenters. The van der Waals surface area contributed by atoms with Crippen LogP contribution in [0.3, 0.4) is 0 Å². The quantitative estimate of drug-likeness (QED) is 0.761. The van der Waals surface area contributed by atoms with E-state index in [2.05, 4.69) is 42.2 Å². The number of hydrogen-bond donors (Lipinski definition) is 1. The summed E-state index contributed by atoms with van der Waals surface area (Å²) in [6, 6.07) is 5.90. The smallest absolute Gasteiger partial charge is 0.107 e. The molecule has 16 heavy (non-hydrogen) atoms. The van der Waals surface area contributed by atoms with Crippen molar-refractivity contribution in [3.63, 3.8) is 0 Å². The van der Waals surface area contributed by atoms with Crippen molar-refractivity contribution in [2.24, 2.45) is 0 Å². The highest BCUT2D eigenvalue weighted by Crippen LogP contribution is 2.32. The zero-order chi connectivity index (χ0) is 11.5. The van der Waals surface area contributed by atoms with Crippen LogP contribution in [-0.4, -0.2) is 4.98 Å². The Balaban J connectivity index is 1.99. The average molecular weight is 383 g/mol. The van der Waals surface area contributed by atoms with Crippen molar-refractivity contribution in [2.75, 3.05) is 5.32 Å². The van der Waals surface area contributed by atoms with E-state index in [0.717, 1.165) is 25.6 Å². The molecule has 0 aliphatic heterocycles. The van der Waals surface area contributed by atoms with Crippen LogP contribution < -0.4 is 5.32 Å². The van der Waals surface area contributed by atoms with Gasteiger partial charge in [-0.05, 0) is 50.1 Å². The molecule has 84 valence electrons. The van der Waals surface area contributed by atoms with E-state index < -0.39 is 0 Å². The third kappa shape index (κ3) is 3.20. The van der Waals surface area contributed by atoms with Crippen LogP contribution in [0.5, 0.6) is 0 Å². The van der Waals surface area contributed by atoms with Crippen LogP contribution in [0, 0.1) is 0 Å². The fourth-order valence-corrected chi connectivity index (χ4v) is 3.11. The van der Waals surface area contributed by atoms with E-state index in [1.54, 1.807) is 17.5 Å². The van der Waals surface area contributed by atoms with Gasteiger partial charge in [-0.15, -0.1) is 11.3 Å². The van der Waals surface area contributed by atoms with Gasteiger partial charge in [-0.3, -0.25) is 0 Å². The summed E-state index contributed by atoms with van der Waals surface area (Å²) < 4.78 is 2.57. The fourth-order valence-electron chi connectivity index (χ4n) is 1.15. The molecule has 0 fully saturated rings. The standard InChI is InChI=1S/C10H7Br2ClN2S/c11-8-3-7(16-10(8)13)5-14-6-1-2-9(12)15-4-6/h1-4,14H,5H2. The molecule has 2 aromatic heterocycles. The third-order valence-electron chi connectivity index (χ3n) is 1.89. The summed E-state index contributed by atoms with van der Waals surface area (Å²) in [4.78, 5) is 5.32. The van der Waals surface area contributed by atoms with E-state index in [1.165, 1.54) is 4.88 Å². The van der Waals surface area contributed by atoms with Crippen molar-refractivity contribution in [2.45, 2.75) is 6.54 Å². The van der Waals surface area contributed by atoms with E-state index in [4.69, 9.17) is 11.6 Å². The van der Waals surface area contributed by atoms with Crippen molar-refractivity contribution in [1.82, 2.24) is 4.98 Å². The topological polar surface area (TPSA) is 24.9 Å². The second-order valence-electron chi connectivity index (χ2n) is 3.06. The number of hydrogen-bond acceptors (Lipinski definition) is 3. The van der Waals surface area contributed by atoms with Crippen molar-refractivity contribution in [1.29, 1.82) is 0 Å². The van der Waals surface area contributed by atoms with Crippen LogP contribution in [0.15, 0.2) is 33.5 Å². The molecule has 1 N–H and O–H groups in total. The van der Waals surface area contributed by atoms with Gasteiger partial charge in [-0.25, -0.2) is 4.98 Å². The van der Waals surface area contributed by atoms with Gasteiger partial charge < -0.3 is 5.32 Å². The number of pyridine rings is 1. The maximum atomic E-state index is 5.96. The van der Waals surface area contributed by atoms with Gasteiger partial charge in [0.2, 0.25) is 0 Å². The van der Waals surface area contributed by atoms with E-state index in [-0.39, 0.29) is 0 Å². The zero-order valence-electron chi connectivity index (χ0n) is 8.01. The van der Waals surface area contributed by atoms with Gasteiger partial charge in [-0.1, -0.05) is 11.6 Å². The molecule has 2 nitrogen and oxygen atoms in total. The molecule has 0 aliphatic rings.